The van der Waals surface area contributed by atoms with Gasteiger partial charge in [-0.15, -0.1) is 11.8 Å². The lowest BCUT2D eigenvalue weighted by Crippen LogP contribution is -2.25. The number of aryl methyl sites for hydroxylation is 1. The molecule has 2 nitrogen and oxygen atoms in total. The molecule has 0 amide bonds. The Morgan fingerprint density at radius 2 is 1.89 bits per heavy atom. The van der Waals surface area contributed by atoms with Crippen molar-refractivity contribution in [1.82, 2.24) is 0 Å². The van der Waals surface area contributed by atoms with Crippen LogP contribution in [0.4, 0.5) is 0 Å². The van der Waals surface area contributed by atoms with Crippen molar-refractivity contribution in [2.75, 3.05) is 0 Å². The quantitative estimate of drug-likeness (QED) is 0.804. The van der Waals surface area contributed by atoms with E-state index in [4.69, 9.17) is 21.8 Å². The van der Waals surface area contributed by atoms with Crippen molar-refractivity contribution in [3.63, 3.8) is 0 Å². The first kappa shape index (κ1) is 14.5. The van der Waals surface area contributed by atoms with Gasteiger partial charge in [0.25, 0.3) is 0 Å². The smallest absolute Gasteiger partial charge is 0.119 e. The number of benzene rings is 1. The summed E-state index contributed by atoms with van der Waals surface area (Å²) in [7, 11) is 0. The van der Waals surface area contributed by atoms with Crippen LogP contribution in [0.2, 0.25) is 5.02 Å². The molecule has 2 rings (SSSR count). The predicted molar refractivity (Wildman–Crippen MR) is 81.8 cm³/mol. The average molecular weight is 296 g/mol. The van der Waals surface area contributed by atoms with Gasteiger partial charge in [0.15, 0.2) is 0 Å². The molecule has 0 aliphatic rings. The van der Waals surface area contributed by atoms with E-state index >= 15 is 0 Å². The van der Waals surface area contributed by atoms with Crippen molar-refractivity contribution in [2.45, 2.75) is 36.5 Å². The summed E-state index contributed by atoms with van der Waals surface area (Å²) in [4.78, 5) is 1.15. The largest absolute Gasteiger partial charge is 0.465 e. The molecule has 0 saturated carbocycles. The standard InChI is InChI=1S/C15H18ClNOS/c1-3-13(17)15(14-9-4-10(2)18-14)19-12-7-5-11(16)6-8-12/h4-9,13,15H,3,17H2,1-2H3. The van der Waals surface area contributed by atoms with Crippen molar-refractivity contribution in [1.29, 1.82) is 0 Å². The first-order valence-corrected chi connectivity index (χ1v) is 7.60. The molecule has 0 saturated heterocycles. The first-order valence-electron chi connectivity index (χ1n) is 6.34. The van der Waals surface area contributed by atoms with Gasteiger partial charge in [0.1, 0.15) is 11.5 Å². The molecule has 1 aromatic heterocycles. The van der Waals surface area contributed by atoms with Crippen LogP contribution in [-0.2, 0) is 0 Å². The number of hydrogen-bond donors (Lipinski definition) is 1. The van der Waals surface area contributed by atoms with E-state index in [1.165, 1.54) is 0 Å². The van der Waals surface area contributed by atoms with Crippen LogP contribution in [0.15, 0.2) is 45.7 Å². The molecule has 102 valence electrons. The van der Waals surface area contributed by atoms with E-state index in [0.717, 1.165) is 27.9 Å². The maximum Gasteiger partial charge on any atom is 0.119 e. The normalized spacial score (nSPS) is 14.3. The molecular weight excluding hydrogens is 278 g/mol. The lowest BCUT2D eigenvalue weighted by Gasteiger charge is -2.20. The van der Waals surface area contributed by atoms with E-state index in [2.05, 4.69) is 6.92 Å². The Balaban J connectivity index is 2.21. The van der Waals surface area contributed by atoms with Gasteiger partial charge in [0.05, 0.1) is 5.25 Å². The lowest BCUT2D eigenvalue weighted by atomic mass is 10.1. The van der Waals surface area contributed by atoms with Crippen LogP contribution in [0.25, 0.3) is 0 Å². The van der Waals surface area contributed by atoms with Crippen LogP contribution >= 0.6 is 23.4 Å². The zero-order valence-electron chi connectivity index (χ0n) is 11.1. The molecule has 2 aromatic rings. The SMILES string of the molecule is CCC(N)C(Sc1ccc(Cl)cc1)c1ccc(C)o1. The van der Waals surface area contributed by atoms with Gasteiger partial charge in [-0.25, -0.2) is 0 Å². The zero-order valence-corrected chi connectivity index (χ0v) is 12.7. The fraction of sp³-hybridized carbons (Fsp3) is 0.333. The summed E-state index contributed by atoms with van der Waals surface area (Å²) in [6, 6.07) is 11.9. The van der Waals surface area contributed by atoms with Gasteiger partial charge in [-0.05, 0) is 49.7 Å². The van der Waals surface area contributed by atoms with Gasteiger partial charge in [0.2, 0.25) is 0 Å². The van der Waals surface area contributed by atoms with Crippen molar-refractivity contribution in [3.05, 3.63) is 52.9 Å². The average Bonchev–Trinajstić information content (AvgIpc) is 2.83. The molecule has 1 aromatic carbocycles. The summed E-state index contributed by atoms with van der Waals surface area (Å²) in [5, 5.41) is 0.870. The maximum atomic E-state index is 6.23. The topological polar surface area (TPSA) is 39.2 Å². The van der Waals surface area contributed by atoms with Crippen molar-refractivity contribution in [3.8, 4) is 0 Å². The third-order valence-corrected chi connectivity index (χ3v) is 4.61. The van der Waals surface area contributed by atoms with Gasteiger partial charge < -0.3 is 10.2 Å². The molecule has 0 fully saturated rings. The Morgan fingerprint density at radius 3 is 2.42 bits per heavy atom. The molecule has 0 spiro atoms. The number of halogens is 1. The van der Waals surface area contributed by atoms with Crippen molar-refractivity contribution in [2.24, 2.45) is 5.73 Å². The molecule has 2 N–H and O–H groups in total. The van der Waals surface area contributed by atoms with Crippen LogP contribution in [0.5, 0.6) is 0 Å². The number of furan rings is 1. The minimum atomic E-state index is 0.0613. The van der Waals surface area contributed by atoms with Gasteiger partial charge in [-0.2, -0.15) is 0 Å². The molecule has 1 heterocycles. The van der Waals surface area contributed by atoms with Gasteiger partial charge in [-0.1, -0.05) is 18.5 Å². The van der Waals surface area contributed by atoms with Crippen LogP contribution < -0.4 is 5.73 Å². The fourth-order valence-corrected chi connectivity index (χ4v) is 3.16. The van der Waals surface area contributed by atoms with Gasteiger partial charge in [-0.3, -0.25) is 0 Å². The monoisotopic (exact) mass is 295 g/mol. The second-order valence-electron chi connectivity index (χ2n) is 4.51. The third-order valence-electron chi connectivity index (χ3n) is 2.98. The lowest BCUT2D eigenvalue weighted by molar-refractivity contribution is 0.454. The Labute approximate surface area is 123 Å². The fourth-order valence-electron chi connectivity index (χ4n) is 1.84. The van der Waals surface area contributed by atoms with E-state index in [9.17, 15) is 0 Å². The highest BCUT2D eigenvalue weighted by Crippen LogP contribution is 2.39. The molecular formula is C15H18ClNOS. The van der Waals surface area contributed by atoms with Crippen molar-refractivity contribution >= 4 is 23.4 Å². The second-order valence-corrected chi connectivity index (χ2v) is 6.16. The number of hydrogen-bond acceptors (Lipinski definition) is 3. The summed E-state index contributed by atoms with van der Waals surface area (Å²) in [5.41, 5.74) is 6.23. The Morgan fingerprint density at radius 1 is 1.21 bits per heavy atom. The minimum Gasteiger partial charge on any atom is -0.465 e. The van der Waals surface area contributed by atoms with Crippen LogP contribution in [0.3, 0.4) is 0 Å². The molecule has 19 heavy (non-hydrogen) atoms. The van der Waals surface area contributed by atoms with Gasteiger partial charge in [0, 0.05) is 16.0 Å². The molecule has 4 heteroatoms. The summed E-state index contributed by atoms with van der Waals surface area (Å²) >= 11 is 7.63. The van der Waals surface area contributed by atoms with Crippen molar-refractivity contribution < 1.29 is 4.42 Å². The van der Waals surface area contributed by atoms with E-state index in [0.29, 0.717) is 0 Å². The summed E-state index contributed by atoms with van der Waals surface area (Å²) < 4.78 is 5.74. The van der Waals surface area contributed by atoms with Gasteiger partial charge >= 0.3 is 0 Å². The molecule has 0 aliphatic carbocycles. The Kier molecular flexibility index (Phi) is 4.97. The highest BCUT2D eigenvalue weighted by atomic mass is 35.5. The second kappa shape index (κ2) is 6.51. The molecule has 0 bridgehead atoms. The first-order chi connectivity index (χ1) is 9.10. The van der Waals surface area contributed by atoms with E-state index in [1.807, 2.05) is 43.3 Å². The number of rotatable bonds is 5. The third kappa shape index (κ3) is 3.78. The Hall–Kier alpha value is -0.900. The molecule has 0 aliphatic heterocycles. The Bertz CT molecular complexity index is 523. The van der Waals surface area contributed by atoms with E-state index in [-0.39, 0.29) is 11.3 Å². The molecule has 0 radical (unpaired) electrons. The summed E-state index contributed by atoms with van der Waals surface area (Å²) in [6.45, 7) is 4.04. The predicted octanol–water partition coefficient (Wildman–Crippen LogP) is 4.81. The van der Waals surface area contributed by atoms with E-state index < -0.39 is 0 Å². The maximum absolute atomic E-state index is 6.23. The highest BCUT2D eigenvalue weighted by Gasteiger charge is 2.22. The summed E-state index contributed by atoms with van der Waals surface area (Å²) in [6.07, 6.45) is 0.908. The molecule has 2 atom stereocenters. The van der Waals surface area contributed by atoms with Crippen LogP contribution in [0.1, 0.15) is 30.1 Å². The summed E-state index contributed by atoms with van der Waals surface area (Å²) in [5.74, 6) is 1.85. The highest BCUT2D eigenvalue weighted by molar-refractivity contribution is 7.99. The number of thioether (sulfide) groups is 1. The zero-order chi connectivity index (χ0) is 13.8. The number of nitrogens with two attached hydrogens (primary N) is 1. The minimum absolute atomic E-state index is 0.0613. The van der Waals surface area contributed by atoms with Crippen LogP contribution in [-0.4, -0.2) is 6.04 Å². The van der Waals surface area contributed by atoms with Crippen LogP contribution in [0, 0.1) is 6.92 Å². The molecule has 2 unspecified atom stereocenters. The van der Waals surface area contributed by atoms with E-state index in [1.54, 1.807) is 11.8 Å².